The summed E-state index contributed by atoms with van der Waals surface area (Å²) in [6.07, 6.45) is 2.41. The predicted molar refractivity (Wildman–Crippen MR) is 107 cm³/mol. The second kappa shape index (κ2) is 6.46. The topological polar surface area (TPSA) is 32.3 Å². The number of fused-ring (bicyclic) bond motifs is 2. The monoisotopic (exact) mass is 348 g/mol. The summed E-state index contributed by atoms with van der Waals surface area (Å²) in [5.41, 5.74) is 2.22. The fourth-order valence-corrected chi connectivity index (χ4v) is 5.10. The van der Waals surface area contributed by atoms with Crippen LogP contribution in [0.3, 0.4) is 0 Å². The lowest BCUT2D eigenvalue weighted by molar-refractivity contribution is -0.112. The molecule has 0 spiro atoms. The number of carbonyl (C=O) groups excluding carboxylic acids is 1. The van der Waals surface area contributed by atoms with Crippen LogP contribution in [0.15, 0.2) is 60.7 Å². The van der Waals surface area contributed by atoms with Crippen LogP contribution in [-0.2, 0) is 0 Å². The largest absolute Gasteiger partial charge is 0.334 e. The van der Waals surface area contributed by atoms with Crippen molar-refractivity contribution < 1.29 is 4.79 Å². The van der Waals surface area contributed by atoms with Crippen LogP contribution in [0, 0.1) is 23.2 Å². The molecule has 3 aliphatic carbocycles. The molecule has 0 radical (unpaired) electrons. The predicted octanol–water partition coefficient (Wildman–Crippen LogP) is 5.61. The second-order valence-corrected chi connectivity index (χ2v) is 8.52. The molecule has 0 saturated heterocycles. The van der Waals surface area contributed by atoms with E-state index in [4.69, 9.17) is 0 Å². The molecule has 3 saturated carbocycles. The molecule has 3 nitrogen and oxygen atoms in total. The van der Waals surface area contributed by atoms with Gasteiger partial charge in [0.25, 0.3) is 0 Å². The first-order valence-corrected chi connectivity index (χ1v) is 9.69. The zero-order chi connectivity index (χ0) is 18.3. The average Bonchev–Trinajstić information content (AvgIpc) is 2.65. The number of urea groups is 1. The van der Waals surface area contributed by atoms with E-state index in [0.29, 0.717) is 17.3 Å². The third-order valence-electron chi connectivity index (χ3n) is 6.89. The lowest BCUT2D eigenvalue weighted by Gasteiger charge is -2.62. The molecule has 1 N–H and O–H groups in total. The molecule has 2 amide bonds. The number of para-hydroxylation sites is 2. The van der Waals surface area contributed by atoms with E-state index in [1.54, 1.807) is 4.90 Å². The van der Waals surface area contributed by atoms with Crippen LogP contribution in [0.1, 0.15) is 33.6 Å². The van der Waals surface area contributed by atoms with Gasteiger partial charge >= 0.3 is 6.03 Å². The Morgan fingerprint density at radius 3 is 1.96 bits per heavy atom. The normalized spacial score (nSPS) is 28.7. The van der Waals surface area contributed by atoms with E-state index in [1.165, 1.54) is 6.42 Å². The molecule has 4 atom stereocenters. The summed E-state index contributed by atoms with van der Waals surface area (Å²) in [6.45, 7) is 7.09. The summed E-state index contributed by atoms with van der Waals surface area (Å²) in [5.74, 6) is 1.97. The van der Waals surface area contributed by atoms with Crippen molar-refractivity contribution in [1.82, 2.24) is 5.32 Å². The molecule has 0 heterocycles. The summed E-state index contributed by atoms with van der Waals surface area (Å²) in [6, 6.07) is 20.0. The molecule has 0 aromatic heterocycles. The number of rotatable bonds is 3. The molecule has 2 aromatic rings. The first kappa shape index (κ1) is 17.1. The van der Waals surface area contributed by atoms with Gasteiger partial charge in [-0.1, -0.05) is 57.2 Å². The van der Waals surface area contributed by atoms with Crippen molar-refractivity contribution >= 4 is 17.4 Å². The van der Waals surface area contributed by atoms with E-state index in [2.05, 4.69) is 26.1 Å². The maximum absolute atomic E-state index is 13.3. The number of hydrogen-bond acceptors (Lipinski definition) is 1. The van der Waals surface area contributed by atoms with Gasteiger partial charge in [0.05, 0.1) is 11.4 Å². The summed E-state index contributed by atoms with van der Waals surface area (Å²) in [4.78, 5) is 15.0. The minimum atomic E-state index is -0.0293. The highest BCUT2D eigenvalue weighted by Crippen LogP contribution is 2.61. The highest BCUT2D eigenvalue weighted by atomic mass is 16.2. The molecule has 136 valence electrons. The lowest BCUT2D eigenvalue weighted by atomic mass is 9.45. The number of hydrogen-bond donors (Lipinski definition) is 1. The molecule has 2 bridgehead atoms. The molecule has 0 aliphatic heterocycles. The SMILES string of the molecule is C[C@@H]1[C@@H](NC(=O)N(c2ccccc2)c2ccccc2)C[C@H]2C[C@@H]1C2(C)C. The number of benzene rings is 2. The van der Waals surface area contributed by atoms with Crippen LogP contribution >= 0.6 is 0 Å². The number of amides is 2. The fourth-order valence-electron chi connectivity index (χ4n) is 5.10. The van der Waals surface area contributed by atoms with Crippen LogP contribution in [0.2, 0.25) is 0 Å². The highest BCUT2D eigenvalue weighted by molar-refractivity contribution is 5.99. The molecule has 0 unspecified atom stereocenters. The van der Waals surface area contributed by atoms with E-state index in [1.807, 2.05) is 60.7 Å². The Hall–Kier alpha value is -2.29. The zero-order valence-electron chi connectivity index (χ0n) is 15.9. The molecular weight excluding hydrogens is 320 g/mol. The fraction of sp³-hybridized carbons (Fsp3) is 0.435. The molecule has 5 rings (SSSR count). The highest BCUT2D eigenvalue weighted by Gasteiger charge is 2.56. The smallest absolute Gasteiger partial charge is 0.326 e. The van der Waals surface area contributed by atoms with E-state index >= 15 is 0 Å². The molecule has 3 fully saturated rings. The summed E-state index contributed by atoms with van der Waals surface area (Å²) in [5, 5.41) is 3.35. The van der Waals surface area contributed by atoms with Gasteiger partial charge in [0.1, 0.15) is 0 Å². The van der Waals surface area contributed by atoms with E-state index in [9.17, 15) is 4.79 Å². The van der Waals surface area contributed by atoms with Gasteiger partial charge in [-0.25, -0.2) is 4.79 Å². The Morgan fingerprint density at radius 2 is 1.50 bits per heavy atom. The van der Waals surface area contributed by atoms with E-state index < -0.39 is 0 Å². The first-order valence-electron chi connectivity index (χ1n) is 9.69. The van der Waals surface area contributed by atoms with Gasteiger partial charge in [0.15, 0.2) is 0 Å². The Balaban J connectivity index is 1.56. The number of anilines is 2. The Bertz CT molecular complexity index is 732. The third kappa shape index (κ3) is 2.80. The minimum absolute atomic E-state index is 0.0293. The molecule has 26 heavy (non-hydrogen) atoms. The van der Waals surface area contributed by atoms with E-state index in [-0.39, 0.29) is 12.1 Å². The van der Waals surface area contributed by atoms with Crippen molar-refractivity contribution in [3.05, 3.63) is 60.7 Å². The van der Waals surface area contributed by atoms with Gasteiger partial charge < -0.3 is 5.32 Å². The summed E-state index contributed by atoms with van der Waals surface area (Å²) < 4.78 is 0. The van der Waals surface area contributed by atoms with Crippen LogP contribution < -0.4 is 10.2 Å². The van der Waals surface area contributed by atoms with Crippen molar-refractivity contribution in [2.24, 2.45) is 23.2 Å². The molecule has 3 heteroatoms. The number of nitrogens with one attached hydrogen (secondary N) is 1. The second-order valence-electron chi connectivity index (χ2n) is 8.52. The molecular formula is C23H28N2O. The van der Waals surface area contributed by atoms with Crippen molar-refractivity contribution in [3.63, 3.8) is 0 Å². The number of carbonyl (C=O) groups is 1. The maximum Gasteiger partial charge on any atom is 0.326 e. The average molecular weight is 348 g/mol. The first-order chi connectivity index (χ1) is 12.5. The van der Waals surface area contributed by atoms with Crippen molar-refractivity contribution in [2.75, 3.05) is 4.90 Å². The third-order valence-corrected chi connectivity index (χ3v) is 6.89. The quantitative estimate of drug-likeness (QED) is 0.769. The van der Waals surface area contributed by atoms with E-state index in [0.717, 1.165) is 23.7 Å². The van der Waals surface area contributed by atoms with Gasteiger partial charge in [0.2, 0.25) is 0 Å². The van der Waals surface area contributed by atoms with Crippen LogP contribution in [-0.4, -0.2) is 12.1 Å². The van der Waals surface area contributed by atoms with Crippen molar-refractivity contribution in [1.29, 1.82) is 0 Å². The zero-order valence-corrected chi connectivity index (χ0v) is 15.9. The van der Waals surface area contributed by atoms with Gasteiger partial charge in [-0.2, -0.15) is 0 Å². The summed E-state index contributed by atoms with van der Waals surface area (Å²) in [7, 11) is 0. The van der Waals surface area contributed by atoms with Gasteiger partial charge in [-0.15, -0.1) is 0 Å². The van der Waals surface area contributed by atoms with Gasteiger partial charge in [0, 0.05) is 6.04 Å². The van der Waals surface area contributed by atoms with Crippen LogP contribution in [0.5, 0.6) is 0 Å². The maximum atomic E-state index is 13.3. The van der Waals surface area contributed by atoms with Gasteiger partial charge in [-0.3, -0.25) is 4.90 Å². The Kier molecular flexibility index (Phi) is 4.26. The van der Waals surface area contributed by atoms with Gasteiger partial charge in [-0.05, 0) is 60.3 Å². The lowest BCUT2D eigenvalue weighted by Crippen LogP contribution is -2.61. The van der Waals surface area contributed by atoms with Crippen LogP contribution in [0.25, 0.3) is 0 Å². The minimum Gasteiger partial charge on any atom is -0.334 e. The molecule has 2 aromatic carbocycles. The van der Waals surface area contributed by atoms with Crippen molar-refractivity contribution in [2.45, 2.75) is 39.7 Å². The summed E-state index contributed by atoms with van der Waals surface area (Å²) >= 11 is 0. The standard InChI is InChI=1S/C23H28N2O/c1-16-20-14-17(23(20,2)3)15-21(16)24-22(26)25(18-10-6-4-7-11-18)19-12-8-5-9-13-19/h4-13,16-17,20-21H,14-15H2,1-3H3,(H,24,26)/t16-,17+,20-,21-/m0/s1. The van der Waals surface area contributed by atoms with Crippen molar-refractivity contribution in [3.8, 4) is 0 Å². The number of nitrogens with zero attached hydrogens (tertiary/aromatic N) is 1. The molecule has 3 aliphatic rings. The Morgan fingerprint density at radius 1 is 0.962 bits per heavy atom. The van der Waals surface area contributed by atoms with Crippen LogP contribution in [0.4, 0.5) is 16.2 Å². The Labute approximate surface area is 156 Å².